The normalized spacial score (nSPS) is 14.5. The van der Waals surface area contributed by atoms with Crippen LogP contribution in [-0.4, -0.2) is 37.2 Å². The molecule has 1 aliphatic rings. The molecule has 27 heavy (non-hydrogen) atoms. The highest BCUT2D eigenvalue weighted by Gasteiger charge is 2.35. The summed E-state index contributed by atoms with van der Waals surface area (Å²) in [6, 6.07) is 15.8. The van der Waals surface area contributed by atoms with Crippen molar-refractivity contribution in [2.75, 3.05) is 14.2 Å². The van der Waals surface area contributed by atoms with E-state index in [9.17, 15) is 4.79 Å². The molecule has 0 heterocycles. The van der Waals surface area contributed by atoms with Crippen molar-refractivity contribution in [2.45, 2.75) is 45.1 Å². The molecule has 1 saturated carbocycles. The number of amides is 1. The van der Waals surface area contributed by atoms with Crippen LogP contribution in [0.4, 0.5) is 0 Å². The molecule has 5 heteroatoms. The number of benzene rings is 2. The molecule has 2 aromatic carbocycles. The largest absolute Gasteiger partial charge is 0.497 e. The first-order valence-electron chi connectivity index (χ1n) is 9.29. The van der Waals surface area contributed by atoms with Gasteiger partial charge in [0.05, 0.1) is 20.8 Å². The van der Waals surface area contributed by atoms with Gasteiger partial charge in [-0.25, -0.2) is 0 Å². The molecule has 5 nitrogen and oxygen atoms in total. The minimum Gasteiger partial charge on any atom is -0.497 e. The summed E-state index contributed by atoms with van der Waals surface area (Å²) < 4.78 is 16.6. The molecule has 0 aromatic heterocycles. The van der Waals surface area contributed by atoms with E-state index in [0.29, 0.717) is 13.2 Å². The zero-order chi connectivity index (χ0) is 19.2. The molecular weight excluding hydrogens is 342 g/mol. The van der Waals surface area contributed by atoms with Crippen molar-refractivity contribution in [3.63, 3.8) is 0 Å². The molecule has 3 rings (SSSR count). The Kier molecular flexibility index (Phi) is 6.35. The third-order valence-electron chi connectivity index (χ3n) is 4.79. The van der Waals surface area contributed by atoms with Gasteiger partial charge in [0.2, 0.25) is 0 Å². The molecule has 1 amide bonds. The van der Waals surface area contributed by atoms with Crippen LogP contribution in [0.2, 0.25) is 0 Å². The molecule has 1 fully saturated rings. The van der Waals surface area contributed by atoms with Crippen molar-refractivity contribution < 1.29 is 19.0 Å². The van der Waals surface area contributed by atoms with Gasteiger partial charge in [-0.15, -0.1) is 0 Å². The SMILES string of the molecule is COc1ccc(OC)c(CN(C(=O)C(C)OCc2ccccc2)C2CC2)c1. The van der Waals surface area contributed by atoms with Crippen LogP contribution in [0, 0.1) is 0 Å². The molecule has 0 aliphatic heterocycles. The molecule has 0 saturated heterocycles. The standard InChI is InChI=1S/C22H27NO4/c1-16(27-15-17-7-5-4-6-8-17)22(24)23(19-9-10-19)14-18-13-20(25-2)11-12-21(18)26-3/h4-8,11-13,16,19H,9-10,14-15H2,1-3H3. The smallest absolute Gasteiger partial charge is 0.251 e. The van der Waals surface area contributed by atoms with E-state index in [1.54, 1.807) is 14.2 Å². The van der Waals surface area contributed by atoms with E-state index >= 15 is 0 Å². The number of methoxy groups -OCH3 is 2. The highest BCUT2D eigenvalue weighted by molar-refractivity contribution is 5.81. The van der Waals surface area contributed by atoms with Crippen molar-refractivity contribution in [2.24, 2.45) is 0 Å². The molecule has 1 aliphatic carbocycles. The lowest BCUT2D eigenvalue weighted by atomic mass is 10.1. The fourth-order valence-corrected chi connectivity index (χ4v) is 3.06. The zero-order valence-electron chi connectivity index (χ0n) is 16.2. The van der Waals surface area contributed by atoms with Crippen molar-refractivity contribution in [3.05, 3.63) is 59.7 Å². The second kappa shape index (κ2) is 8.91. The Morgan fingerprint density at radius 1 is 1.11 bits per heavy atom. The van der Waals surface area contributed by atoms with E-state index in [-0.39, 0.29) is 11.9 Å². The number of rotatable bonds is 9. The molecule has 0 radical (unpaired) electrons. The average molecular weight is 369 g/mol. The Morgan fingerprint density at radius 3 is 2.48 bits per heavy atom. The Hall–Kier alpha value is -2.53. The molecule has 0 bridgehead atoms. The lowest BCUT2D eigenvalue weighted by Gasteiger charge is -2.27. The van der Waals surface area contributed by atoms with Crippen LogP contribution >= 0.6 is 0 Å². The summed E-state index contributed by atoms with van der Waals surface area (Å²) in [5.74, 6) is 1.52. The fraction of sp³-hybridized carbons (Fsp3) is 0.409. The van der Waals surface area contributed by atoms with E-state index < -0.39 is 6.10 Å². The minimum absolute atomic E-state index is 0.0123. The van der Waals surface area contributed by atoms with E-state index in [2.05, 4.69) is 0 Å². The predicted octanol–water partition coefficient (Wildman–Crippen LogP) is 3.80. The number of carbonyl (C=O) groups excluding carboxylic acids is 1. The van der Waals surface area contributed by atoms with Crippen LogP contribution in [0.5, 0.6) is 11.5 Å². The van der Waals surface area contributed by atoms with Crippen molar-refractivity contribution in [1.29, 1.82) is 0 Å². The van der Waals surface area contributed by atoms with Gasteiger partial charge < -0.3 is 19.1 Å². The molecular formula is C22H27NO4. The molecule has 0 spiro atoms. The Balaban J connectivity index is 1.69. The van der Waals surface area contributed by atoms with Crippen molar-refractivity contribution in [1.82, 2.24) is 4.90 Å². The summed E-state index contributed by atoms with van der Waals surface area (Å²) in [7, 11) is 3.27. The second-order valence-electron chi connectivity index (χ2n) is 6.81. The van der Waals surface area contributed by atoms with Crippen LogP contribution in [0.25, 0.3) is 0 Å². The number of carbonyl (C=O) groups is 1. The second-order valence-corrected chi connectivity index (χ2v) is 6.81. The summed E-state index contributed by atoms with van der Waals surface area (Å²) in [6.07, 6.45) is 1.56. The number of nitrogens with zero attached hydrogens (tertiary/aromatic N) is 1. The Labute approximate surface area is 160 Å². The number of hydrogen-bond acceptors (Lipinski definition) is 4. The van der Waals surface area contributed by atoms with Crippen LogP contribution in [0.15, 0.2) is 48.5 Å². The third-order valence-corrected chi connectivity index (χ3v) is 4.79. The van der Waals surface area contributed by atoms with E-state index in [1.165, 1.54) is 0 Å². The maximum atomic E-state index is 13.0. The molecule has 1 atom stereocenters. The lowest BCUT2D eigenvalue weighted by molar-refractivity contribution is -0.144. The van der Waals surface area contributed by atoms with E-state index in [4.69, 9.17) is 14.2 Å². The summed E-state index contributed by atoms with van der Waals surface area (Å²) >= 11 is 0. The van der Waals surface area contributed by atoms with Gasteiger partial charge in [0.1, 0.15) is 17.6 Å². The van der Waals surface area contributed by atoms with Gasteiger partial charge in [-0.05, 0) is 43.5 Å². The number of ether oxygens (including phenoxy) is 3. The highest BCUT2D eigenvalue weighted by atomic mass is 16.5. The zero-order valence-corrected chi connectivity index (χ0v) is 16.2. The van der Waals surface area contributed by atoms with Gasteiger partial charge in [-0.1, -0.05) is 30.3 Å². The van der Waals surface area contributed by atoms with E-state index in [1.807, 2.05) is 60.4 Å². The van der Waals surface area contributed by atoms with E-state index in [0.717, 1.165) is 35.5 Å². The van der Waals surface area contributed by atoms with Crippen LogP contribution in [0.1, 0.15) is 30.9 Å². The monoisotopic (exact) mass is 369 g/mol. The summed E-state index contributed by atoms with van der Waals surface area (Å²) in [4.78, 5) is 14.9. The fourth-order valence-electron chi connectivity index (χ4n) is 3.06. The highest BCUT2D eigenvalue weighted by Crippen LogP contribution is 2.32. The topological polar surface area (TPSA) is 48.0 Å². The molecule has 0 N–H and O–H groups in total. The van der Waals surface area contributed by atoms with Crippen LogP contribution in [-0.2, 0) is 22.7 Å². The average Bonchev–Trinajstić information content (AvgIpc) is 3.55. The summed E-state index contributed by atoms with van der Waals surface area (Å²) in [5, 5.41) is 0. The first-order chi connectivity index (χ1) is 13.1. The Morgan fingerprint density at radius 2 is 1.85 bits per heavy atom. The van der Waals surface area contributed by atoms with Crippen LogP contribution < -0.4 is 9.47 Å². The predicted molar refractivity (Wildman–Crippen MR) is 104 cm³/mol. The van der Waals surface area contributed by atoms with Gasteiger partial charge >= 0.3 is 0 Å². The van der Waals surface area contributed by atoms with Gasteiger partial charge in [0.15, 0.2) is 0 Å². The van der Waals surface area contributed by atoms with Gasteiger partial charge in [0, 0.05) is 18.2 Å². The molecule has 144 valence electrons. The van der Waals surface area contributed by atoms with Gasteiger partial charge in [-0.2, -0.15) is 0 Å². The maximum Gasteiger partial charge on any atom is 0.251 e. The minimum atomic E-state index is -0.498. The van der Waals surface area contributed by atoms with Gasteiger partial charge in [-0.3, -0.25) is 4.79 Å². The summed E-state index contributed by atoms with van der Waals surface area (Å²) in [5.41, 5.74) is 2.00. The lowest BCUT2D eigenvalue weighted by Crippen LogP contribution is -2.40. The molecule has 1 unspecified atom stereocenters. The first kappa shape index (κ1) is 19.2. The quantitative estimate of drug-likeness (QED) is 0.675. The maximum absolute atomic E-state index is 13.0. The van der Waals surface area contributed by atoms with Gasteiger partial charge in [0.25, 0.3) is 5.91 Å². The van der Waals surface area contributed by atoms with Crippen molar-refractivity contribution in [3.8, 4) is 11.5 Å². The van der Waals surface area contributed by atoms with Crippen molar-refractivity contribution >= 4 is 5.91 Å². The summed E-state index contributed by atoms with van der Waals surface area (Å²) in [6.45, 7) is 2.74. The third kappa shape index (κ3) is 5.01. The molecule has 2 aromatic rings. The number of hydrogen-bond donors (Lipinski definition) is 0. The van der Waals surface area contributed by atoms with Crippen LogP contribution in [0.3, 0.4) is 0 Å². The Bertz CT molecular complexity index is 758. The first-order valence-corrected chi connectivity index (χ1v) is 9.29.